The Kier molecular flexibility index (Phi) is 4.93. The molecule has 0 atom stereocenters. The number of hydrogen-bond donors (Lipinski definition) is 1. The van der Waals surface area contributed by atoms with Crippen molar-refractivity contribution in [1.82, 2.24) is 15.1 Å². The fourth-order valence-electron chi connectivity index (χ4n) is 6.72. The summed E-state index contributed by atoms with van der Waals surface area (Å²) >= 11 is 0. The molecule has 0 unspecified atom stereocenters. The molecule has 6 rings (SSSR count). The number of rotatable bonds is 6. The lowest BCUT2D eigenvalue weighted by Crippen LogP contribution is -2.55. The van der Waals surface area contributed by atoms with E-state index < -0.39 is 0 Å². The highest BCUT2D eigenvalue weighted by molar-refractivity contribution is 5.96. The number of carbonyl (C=O) groups excluding carboxylic acids is 1. The van der Waals surface area contributed by atoms with E-state index in [4.69, 9.17) is 4.74 Å². The van der Waals surface area contributed by atoms with Gasteiger partial charge in [-0.25, -0.2) is 4.68 Å². The topological polar surface area (TPSA) is 56.2 Å². The van der Waals surface area contributed by atoms with Crippen molar-refractivity contribution in [3.8, 4) is 5.88 Å². The number of ether oxygens (including phenoxy) is 1. The third-order valence-electron chi connectivity index (χ3n) is 7.87. The van der Waals surface area contributed by atoms with Crippen LogP contribution in [0.3, 0.4) is 0 Å². The van der Waals surface area contributed by atoms with E-state index in [1.807, 2.05) is 0 Å². The molecule has 5 fully saturated rings. The minimum atomic E-state index is -0.0239. The second-order valence-corrected chi connectivity index (χ2v) is 9.74. The molecular formula is C23H33N3O2. The van der Waals surface area contributed by atoms with Crippen LogP contribution in [0, 0.1) is 29.6 Å². The highest BCUT2D eigenvalue weighted by Crippen LogP contribution is 2.53. The molecule has 0 spiro atoms. The molecule has 152 valence electrons. The SMILES string of the molecule is C=Cn1ncc(C(=O)NC2C3CC4CC(C3)CC2C4)c1OCC1CCCCC1. The van der Waals surface area contributed by atoms with E-state index in [1.54, 1.807) is 17.1 Å². The van der Waals surface area contributed by atoms with Crippen LogP contribution >= 0.6 is 0 Å². The van der Waals surface area contributed by atoms with E-state index in [-0.39, 0.29) is 5.91 Å². The van der Waals surface area contributed by atoms with Gasteiger partial charge in [-0.1, -0.05) is 25.8 Å². The Morgan fingerprint density at radius 3 is 2.46 bits per heavy atom. The fraction of sp³-hybridized carbons (Fsp3) is 0.739. The number of carbonyl (C=O) groups is 1. The standard InChI is InChI=1S/C23H33N3O2/c1-2-26-23(28-14-15-6-4-3-5-7-15)20(13-24-26)22(27)25-21-18-9-16-8-17(11-18)12-19(21)10-16/h2,13,15-19,21H,1,3-12,14H2,(H,25,27). The van der Waals surface area contributed by atoms with Gasteiger partial charge in [-0.3, -0.25) is 4.79 Å². The number of aromatic nitrogens is 2. The number of amides is 1. The van der Waals surface area contributed by atoms with E-state index in [0.29, 0.717) is 41.8 Å². The minimum Gasteiger partial charge on any atom is -0.477 e. The van der Waals surface area contributed by atoms with Gasteiger partial charge in [0.2, 0.25) is 5.88 Å². The molecule has 5 nitrogen and oxygen atoms in total. The van der Waals surface area contributed by atoms with Gasteiger partial charge in [-0.05, 0) is 74.5 Å². The smallest absolute Gasteiger partial charge is 0.258 e. The van der Waals surface area contributed by atoms with Crippen molar-refractivity contribution in [3.05, 3.63) is 18.3 Å². The summed E-state index contributed by atoms with van der Waals surface area (Å²) < 4.78 is 7.74. The molecule has 0 aliphatic heterocycles. The van der Waals surface area contributed by atoms with Crippen LogP contribution in [-0.2, 0) is 0 Å². The maximum atomic E-state index is 13.2. The molecule has 4 bridgehead atoms. The Hall–Kier alpha value is -1.78. The van der Waals surface area contributed by atoms with Gasteiger partial charge in [0.05, 0.1) is 12.8 Å². The Morgan fingerprint density at radius 2 is 1.82 bits per heavy atom. The van der Waals surface area contributed by atoms with Gasteiger partial charge in [0, 0.05) is 12.2 Å². The molecule has 5 saturated carbocycles. The van der Waals surface area contributed by atoms with E-state index in [1.165, 1.54) is 64.2 Å². The summed E-state index contributed by atoms with van der Waals surface area (Å²) in [6, 6.07) is 0.332. The van der Waals surface area contributed by atoms with Crippen molar-refractivity contribution in [2.45, 2.75) is 70.3 Å². The van der Waals surface area contributed by atoms with Gasteiger partial charge in [0.25, 0.3) is 5.91 Å². The van der Waals surface area contributed by atoms with Crippen molar-refractivity contribution >= 4 is 12.1 Å². The van der Waals surface area contributed by atoms with Crippen LogP contribution in [0.15, 0.2) is 12.8 Å². The normalized spacial score (nSPS) is 34.4. The maximum Gasteiger partial charge on any atom is 0.258 e. The lowest BCUT2D eigenvalue weighted by atomic mass is 9.54. The van der Waals surface area contributed by atoms with Crippen LogP contribution in [0.4, 0.5) is 0 Å². The summed E-state index contributed by atoms with van der Waals surface area (Å²) in [6.07, 6.45) is 16.2. The van der Waals surface area contributed by atoms with Crippen molar-refractivity contribution in [2.24, 2.45) is 29.6 Å². The van der Waals surface area contributed by atoms with Crippen LogP contribution in [0.25, 0.3) is 6.20 Å². The molecule has 1 aromatic rings. The van der Waals surface area contributed by atoms with Crippen molar-refractivity contribution < 1.29 is 9.53 Å². The zero-order valence-corrected chi connectivity index (χ0v) is 16.8. The summed E-state index contributed by atoms with van der Waals surface area (Å²) in [7, 11) is 0. The van der Waals surface area contributed by atoms with Crippen molar-refractivity contribution in [3.63, 3.8) is 0 Å². The summed E-state index contributed by atoms with van der Waals surface area (Å²) in [4.78, 5) is 13.2. The van der Waals surface area contributed by atoms with Crippen molar-refractivity contribution in [1.29, 1.82) is 0 Å². The number of nitrogens with one attached hydrogen (secondary N) is 1. The molecule has 5 heteroatoms. The predicted molar refractivity (Wildman–Crippen MR) is 109 cm³/mol. The summed E-state index contributed by atoms with van der Waals surface area (Å²) in [5.41, 5.74) is 0.560. The molecule has 28 heavy (non-hydrogen) atoms. The molecule has 5 aliphatic rings. The van der Waals surface area contributed by atoms with Crippen LogP contribution in [0.5, 0.6) is 5.88 Å². The Morgan fingerprint density at radius 1 is 1.14 bits per heavy atom. The maximum absolute atomic E-state index is 13.2. The first-order valence-corrected chi connectivity index (χ1v) is 11.3. The first kappa shape index (κ1) is 18.3. The molecule has 1 amide bonds. The lowest BCUT2D eigenvalue weighted by Gasteiger charge is -2.54. The highest BCUT2D eigenvalue weighted by Gasteiger charge is 2.48. The van der Waals surface area contributed by atoms with E-state index in [0.717, 1.165) is 11.8 Å². The minimum absolute atomic E-state index is 0.0239. The van der Waals surface area contributed by atoms with E-state index >= 15 is 0 Å². The van der Waals surface area contributed by atoms with Gasteiger partial charge in [-0.2, -0.15) is 5.10 Å². The van der Waals surface area contributed by atoms with Gasteiger partial charge >= 0.3 is 0 Å². The van der Waals surface area contributed by atoms with Gasteiger partial charge in [0.1, 0.15) is 5.56 Å². The summed E-state index contributed by atoms with van der Waals surface area (Å²) in [6.45, 7) is 4.49. The molecule has 0 aromatic carbocycles. The summed E-state index contributed by atoms with van der Waals surface area (Å²) in [5.74, 6) is 4.28. The van der Waals surface area contributed by atoms with Crippen molar-refractivity contribution in [2.75, 3.05) is 6.61 Å². The first-order chi connectivity index (χ1) is 13.7. The predicted octanol–water partition coefficient (Wildman–Crippen LogP) is 4.50. The van der Waals surface area contributed by atoms with E-state index in [2.05, 4.69) is 17.0 Å². The molecular weight excluding hydrogens is 350 g/mol. The largest absolute Gasteiger partial charge is 0.477 e. The molecule has 0 saturated heterocycles. The van der Waals surface area contributed by atoms with Gasteiger partial charge in [0.15, 0.2) is 0 Å². The Balaban J connectivity index is 1.28. The van der Waals surface area contributed by atoms with Crippen LogP contribution in [0.1, 0.15) is 74.6 Å². The quantitative estimate of drug-likeness (QED) is 0.787. The van der Waals surface area contributed by atoms with Crippen LogP contribution < -0.4 is 10.1 Å². The molecule has 1 heterocycles. The monoisotopic (exact) mass is 383 g/mol. The lowest BCUT2D eigenvalue weighted by molar-refractivity contribution is -0.0120. The third kappa shape index (κ3) is 3.37. The van der Waals surface area contributed by atoms with Gasteiger partial charge in [-0.15, -0.1) is 0 Å². The Bertz CT molecular complexity index is 706. The fourth-order valence-corrected chi connectivity index (χ4v) is 6.72. The highest BCUT2D eigenvalue weighted by atomic mass is 16.5. The second-order valence-electron chi connectivity index (χ2n) is 9.74. The number of nitrogens with zero attached hydrogens (tertiary/aromatic N) is 2. The zero-order valence-electron chi connectivity index (χ0n) is 16.8. The van der Waals surface area contributed by atoms with Gasteiger partial charge < -0.3 is 10.1 Å². The first-order valence-electron chi connectivity index (χ1n) is 11.3. The zero-order chi connectivity index (χ0) is 19.1. The van der Waals surface area contributed by atoms with E-state index in [9.17, 15) is 4.79 Å². The average Bonchev–Trinajstić information content (AvgIpc) is 3.12. The molecule has 5 aliphatic carbocycles. The average molecular weight is 384 g/mol. The van der Waals surface area contributed by atoms with Crippen LogP contribution in [0.2, 0.25) is 0 Å². The van der Waals surface area contributed by atoms with Crippen LogP contribution in [-0.4, -0.2) is 28.3 Å². The molecule has 1 aromatic heterocycles. The summed E-state index contributed by atoms with van der Waals surface area (Å²) in [5, 5.41) is 7.70. The molecule has 1 N–H and O–H groups in total. The Labute approximate surface area is 167 Å². The number of hydrogen-bond acceptors (Lipinski definition) is 3. The molecule has 0 radical (unpaired) electrons. The third-order valence-corrected chi connectivity index (χ3v) is 7.87. The second kappa shape index (κ2) is 7.57.